The maximum Gasteiger partial charge on any atom is 0.255 e. The van der Waals surface area contributed by atoms with E-state index in [0.717, 1.165) is 41.0 Å². The van der Waals surface area contributed by atoms with Gasteiger partial charge in [0.1, 0.15) is 0 Å². The molecule has 0 fully saturated rings. The number of anilines is 2. The van der Waals surface area contributed by atoms with Crippen molar-refractivity contribution in [1.29, 1.82) is 0 Å². The van der Waals surface area contributed by atoms with Gasteiger partial charge in [-0.3, -0.25) is 9.59 Å². The smallest absolute Gasteiger partial charge is 0.255 e. The summed E-state index contributed by atoms with van der Waals surface area (Å²) in [5, 5.41) is 3.54. The summed E-state index contributed by atoms with van der Waals surface area (Å²) in [5.74, 6) is 0.0442. The maximum atomic E-state index is 12.7. The number of nitrogens with one attached hydrogen (secondary N) is 1. The fourth-order valence-electron chi connectivity index (χ4n) is 3.51. The summed E-state index contributed by atoms with van der Waals surface area (Å²) < 4.78 is 0. The van der Waals surface area contributed by atoms with Gasteiger partial charge in [0, 0.05) is 29.2 Å². The zero-order valence-electron chi connectivity index (χ0n) is 13.4. The van der Waals surface area contributed by atoms with Gasteiger partial charge in [-0.2, -0.15) is 0 Å². The predicted molar refractivity (Wildman–Crippen MR) is 95.0 cm³/mol. The van der Waals surface area contributed by atoms with E-state index in [-0.39, 0.29) is 11.8 Å². The summed E-state index contributed by atoms with van der Waals surface area (Å²) >= 11 is 6.02. The third-order valence-electron chi connectivity index (χ3n) is 4.76. The van der Waals surface area contributed by atoms with E-state index in [1.54, 1.807) is 12.1 Å². The van der Waals surface area contributed by atoms with Crippen LogP contribution in [0, 0.1) is 6.92 Å². The van der Waals surface area contributed by atoms with Crippen molar-refractivity contribution >= 4 is 34.8 Å². The Morgan fingerprint density at radius 3 is 2.67 bits per heavy atom. The minimum absolute atomic E-state index is 0.144. The van der Waals surface area contributed by atoms with Crippen molar-refractivity contribution < 1.29 is 9.59 Å². The summed E-state index contributed by atoms with van der Waals surface area (Å²) in [6, 6.07) is 9.27. The number of hydrogen-bond acceptors (Lipinski definition) is 2. The SMILES string of the molecule is Cc1ccc(Cl)cc1NC(=O)c1cc2c3c(c1)CCN3C(=O)CC2. The lowest BCUT2D eigenvalue weighted by atomic mass is 9.96. The highest BCUT2D eigenvalue weighted by Crippen LogP contribution is 2.37. The lowest BCUT2D eigenvalue weighted by Gasteiger charge is -2.25. The molecular formula is C19H17ClN2O2. The molecule has 4 rings (SSSR count). The quantitative estimate of drug-likeness (QED) is 0.905. The fourth-order valence-corrected chi connectivity index (χ4v) is 3.68. The molecule has 4 nitrogen and oxygen atoms in total. The molecule has 24 heavy (non-hydrogen) atoms. The van der Waals surface area contributed by atoms with E-state index < -0.39 is 0 Å². The molecule has 122 valence electrons. The first-order chi connectivity index (χ1) is 11.5. The van der Waals surface area contributed by atoms with Crippen molar-refractivity contribution in [2.75, 3.05) is 16.8 Å². The van der Waals surface area contributed by atoms with Crippen molar-refractivity contribution in [2.45, 2.75) is 26.2 Å². The molecule has 0 unspecified atom stereocenters. The fraction of sp³-hybridized carbons (Fsp3) is 0.263. The number of rotatable bonds is 2. The van der Waals surface area contributed by atoms with Crippen LogP contribution in [0.15, 0.2) is 30.3 Å². The summed E-state index contributed by atoms with van der Waals surface area (Å²) in [4.78, 5) is 26.5. The van der Waals surface area contributed by atoms with E-state index >= 15 is 0 Å². The van der Waals surface area contributed by atoms with Crippen LogP contribution in [-0.4, -0.2) is 18.4 Å². The van der Waals surface area contributed by atoms with Crippen molar-refractivity contribution in [1.82, 2.24) is 0 Å². The molecule has 2 heterocycles. The van der Waals surface area contributed by atoms with Gasteiger partial charge >= 0.3 is 0 Å². The van der Waals surface area contributed by atoms with Gasteiger partial charge in [-0.25, -0.2) is 0 Å². The molecule has 2 aromatic carbocycles. The number of nitrogens with zero attached hydrogens (tertiary/aromatic N) is 1. The number of carbonyl (C=O) groups is 2. The first kappa shape index (κ1) is 15.2. The molecule has 2 aliphatic rings. The van der Waals surface area contributed by atoms with E-state index in [9.17, 15) is 9.59 Å². The van der Waals surface area contributed by atoms with Crippen molar-refractivity contribution in [3.8, 4) is 0 Å². The van der Waals surface area contributed by atoms with Gasteiger partial charge in [-0.1, -0.05) is 17.7 Å². The number of carbonyl (C=O) groups excluding carboxylic acids is 2. The maximum absolute atomic E-state index is 12.7. The van der Waals surface area contributed by atoms with E-state index in [4.69, 9.17) is 11.6 Å². The third kappa shape index (κ3) is 2.47. The van der Waals surface area contributed by atoms with Crippen LogP contribution in [0.25, 0.3) is 0 Å². The predicted octanol–water partition coefficient (Wildman–Crippen LogP) is 3.74. The van der Waals surface area contributed by atoms with Crippen molar-refractivity contribution in [2.24, 2.45) is 0 Å². The molecule has 1 N–H and O–H groups in total. The summed E-state index contributed by atoms with van der Waals surface area (Å²) in [6.07, 6.45) is 2.03. The Bertz CT molecular complexity index is 876. The Labute approximate surface area is 145 Å². The largest absolute Gasteiger partial charge is 0.322 e. The van der Waals surface area contributed by atoms with Crippen molar-refractivity contribution in [3.63, 3.8) is 0 Å². The normalized spacial score (nSPS) is 15.4. The number of halogens is 1. The Morgan fingerprint density at radius 2 is 1.88 bits per heavy atom. The topological polar surface area (TPSA) is 49.4 Å². The Morgan fingerprint density at radius 1 is 1.12 bits per heavy atom. The summed E-state index contributed by atoms with van der Waals surface area (Å²) in [6.45, 7) is 2.65. The molecule has 0 spiro atoms. The Balaban J connectivity index is 1.67. The Hall–Kier alpha value is -2.33. The monoisotopic (exact) mass is 340 g/mol. The van der Waals surface area contributed by atoms with E-state index in [2.05, 4.69) is 5.32 Å². The number of aryl methyl sites for hydroxylation is 2. The van der Waals surface area contributed by atoms with Gasteiger partial charge in [-0.05, 0) is 60.7 Å². The lowest BCUT2D eigenvalue weighted by molar-refractivity contribution is -0.118. The lowest BCUT2D eigenvalue weighted by Crippen LogP contribution is -2.33. The molecule has 0 saturated heterocycles. The standard InChI is InChI=1S/C19H17ClN2O2/c1-11-2-4-15(20)10-16(11)21-19(24)14-8-12-3-5-17(23)22-7-6-13(9-14)18(12)22/h2,4,8-10H,3,5-7H2,1H3,(H,21,24). The minimum Gasteiger partial charge on any atom is -0.322 e. The molecule has 0 radical (unpaired) electrons. The molecule has 2 aliphatic heterocycles. The minimum atomic E-state index is -0.144. The molecule has 0 bridgehead atoms. The average Bonchev–Trinajstić information content (AvgIpc) is 2.99. The van der Waals surface area contributed by atoms with Crippen LogP contribution in [0.1, 0.15) is 33.5 Å². The highest BCUT2D eigenvalue weighted by atomic mass is 35.5. The number of benzene rings is 2. The van der Waals surface area contributed by atoms with E-state index in [0.29, 0.717) is 23.4 Å². The van der Waals surface area contributed by atoms with Crippen LogP contribution in [0.5, 0.6) is 0 Å². The van der Waals surface area contributed by atoms with Crippen LogP contribution in [-0.2, 0) is 17.6 Å². The second-order valence-electron chi connectivity index (χ2n) is 6.35. The third-order valence-corrected chi connectivity index (χ3v) is 5.00. The highest BCUT2D eigenvalue weighted by molar-refractivity contribution is 6.31. The molecule has 0 aromatic heterocycles. The Kier molecular flexibility index (Phi) is 3.57. The second-order valence-corrected chi connectivity index (χ2v) is 6.79. The first-order valence-corrected chi connectivity index (χ1v) is 8.44. The molecular weight excluding hydrogens is 324 g/mol. The summed E-state index contributed by atoms with van der Waals surface area (Å²) in [5.41, 5.74) is 5.54. The number of amides is 2. The zero-order valence-corrected chi connectivity index (χ0v) is 14.1. The van der Waals surface area contributed by atoms with E-state index in [1.165, 1.54) is 0 Å². The van der Waals surface area contributed by atoms with Crippen LogP contribution in [0.3, 0.4) is 0 Å². The molecule has 0 aliphatic carbocycles. The van der Waals surface area contributed by atoms with Gasteiger partial charge in [0.05, 0.1) is 5.69 Å². The average molecular weight is 341 g/mol. The molecule has 0 saturated carbocycles. The van der Waals surface area contributed by atoms with Gasteiger partial charge in [0.15, 0.2) is 0 Å². The van der Waals surface area contributed by atoms with Crippen LogP contribution < -0.4 is 10.2 Å². The second kappa shape index (κ2) is 5.64. The van der Waals surface area contributed by atoms with Crippen LogP contribution in [0.4, 0.5) is 11.4 Å². The first-order valence-electron chi connectivity index (χ1n) is 8.06. The van der Waals surface area contributed by atoms with Gasteiger partial charge in [0.2, 0.25) is 5.91 Å². The molecule has 0 atom stereocenters. The van der Waals surface area contributed by atoms with Crippen LogP contribution in [0.2, 0.25) is 5.02 Å². The molecule has 2 amide bonds. The van der Waals surface area contributed by atoms with Gasteiger partial charge < -0.3 is 10.2 Å². The highest BCUT2D eigenvalue weighted by Gasteiger charge is 2.32. The molecule has 2 aromatic rings. The number of hydrogen-bond donors (Lipinski definition) is 1. The molecule has 5 heteroatoms. The van der Waals surface area contributed by atoms with Crippen molar-refractivity contribution in [3.05, 3.63) is 57.6 Å². The van der Waals surface area contributed by atoms with E-state index in [1.807, 2.05) is 30.0 Å². The van der Waals surface area contributed by atoms with Gasteiger partial charge in [-0.15, -0.1) is 0 Å². The van der Waals surface area contributed by atoms with Gasteiger partial charge in [0.25, 0.3) is 5.91 Å². The summed E-state index contributed by atoms with van der Waals surface area (Å²) in [7, 11) is 0. The zero-order chi connectivity index (χ0) is 16.8. The van der Waals surface area contributed by atoms with Crippen LogP contribution >= 0.6 is 11.6 Å².